The summed E-state index contributed by atoms with van der Waals surface area (Å²) in [5.41, 5.74) is 1.36. The number of amides is 2. The van der Waals surface area contributed by atoms with Gasteiger partial charge in [0.25, 0.3) is 11.8 Å². The second-order valence-corrected chi connectivity index (χ2v) is 6.57. The van der Waals surface area contributed by atoms with Gasteiger partial charge in [0.15, 0.2) is 0 Å². The highest BCUT2D eigenvalue weighted by molar-refractivity contribution is 6.05. The lowest BCUT2D eigenvalue weighted by molar-refractivity contribution is 0.0637. The topological polar surface area (TPSA) is 74.8 Å². The molecule has 0 unspecified atom stereocenters. The standard InChI is InChI=1S/C21H26N4O3/c1-3-24-11-13-25(14-12-24)21(27)19-15-16(9-10-22-19)20(26)23-17-5-7-18(8-6-17)28-4-2/h5-10,15H,3-4,11-14H2,1-2H3,(H,23,26). The van der Waals surface area contributed by atoms with Crippen molar-refractivity contribution in [3.05, 3.63) is 53.9 Å². The maximum absolute atomic E-state index is 12.7. The minimum atomic E-state index is -0.281. The molecule has 1 aliphatic rings. The molecule has 2 aromatic rings. The smallest absolute Gasteiger partial charge is 0.272 e. The fourth-order valence-electron chi connectivity index (χ4n) is 3.12. The van der Waals surface area contributed by atoms with Crippen molar-refractivity contribution in [1.29, 1.82) is 0 Å². The van der Waals surface area contributed by atoms with E-state index < -0.39 is 0 Å². The molecule has 148 valence electrons. The Labute approximate surface area is 165 Å². The first-order chi connectivity index (χ1) is 13.6. The molecule has 0 spiro atoms. The van der Waals surface area contributed by atoms with E-state index in [9.17, 15) is 9.59 Å². The third-order valence-corrected chi connectivity index (χ3v) is 4.77. The van der Waals surface area contributed by atoms with Gasteiger partial charge in [0.05, 0.1) is 6.61 Å². The molecule has 2 heterocycles. The largest absolute Gasteiger partial charge is 0.494 e. The Kier molecular flexibility index (Phi) is 6.60. The lowest BCUT2D eigenvalue weighted by Crippen LogP contribution is -2.48. The molecule has 1 aromatic carbocycles. The van der Waals surface area contributed by atoms with E-state index in [1.807, 2.05) is 6.92 Å². The average Bonchev–Trinajstić information content (AvgIpc) is 2.75. The fourth-order valence-corrected chi connectivity index (χ4v) is 3.12. The number of likely N-dealkylation sites (N-methyl/N-ethyl adjacent to an activating group) is 1. The third-order valence-electron chi connectivity index (χ3n) is 4.77. The van der Waals surface area contributed by atoms with Crippen LogP contribution in [0.3, 0.4) is 0 Å². The van der Waals surface area contributed by atoms with Crippen LogP contribution in [0, 0.1) is 0 Å². The Morgan fingerprint density at radius 1 is 1.07 bits per heavy atom. The Balaban J connectivity index is 1.65. The summed E-state index contributed by atoms with van der Waals surface area (Å²) in [4.78, 5) is 33.6. The summed E-state index contributed by atoms with van der Waals surface area (Å²) in [5.74, 6) is 0.336. The third kappa shape index (κ3) is 4.86. The highest BCUT2D eigenvalue weighted by Crippen LogP contribution is 2.17. The molecule has 0 aliphatic carbocycles. The number of hydrogen-bond acceptors (Lipinski definition) is 5. The molecule has 3 rings (SSSR count). The summed E-state index contributed by atoms with van der Waals surface area (Å²) in [6.45, 7) is 8.69. The number of ether oxygens (including phenoxy) is 1. The van der Waals surface area contributed by atoms with Gasteiger partial charge in [0.1, 0.15) is 11.4 Å². The molecule has 1 N–H and O–H groups in total. The lowest BCUT2D eigenvalue weighted by atomic mass is 10.2. The number of carbonyl (C=O) groups is 2. The van der Waals surface area contributed by atoms with Crippen LogP contribution >= 0.6 is 0 Å². The second kappa shape index (κ2) is 9.32. The van der Waals surface area contributed by atoms with E-state index in [0.29, 0.717) is 36.6 Å². The first-order valence-electron chi connectivity index (χ1n) is 9.62. The van der Waals surface area contributed by atoms with Crippen LogP contribution in [0.1, 0.15) is 34.7 Å². The number of rotatable bonds is 6. The SMILES string of the molecule is CCOc1ccc(NC(=O)c2ccnc(C(=O)N3CCN(CC)CC3)c2)cc1. The van der Waals surface area contributed by atoms with E-state index in [1.54, 1.807) is 41.3 Å². The van der Waals surface area contributed by atoms with E-state index >= 15 is 0 Å². The number of pyridine rings is 1. The molecular weight excluding hydrogens is 356 g/mol. The molecule has 0 saturated carbocycles. The first-order valence-corrected chi connectivity index (χ1v) is 9.62. The number of anilines is 1. The van der Waals surface area contributed by atoms with Gasteiger partial charge in [0, 0.05) is 43.6 Å². The number of aromatic nitrogens is 1. The van der Waals surface area contributed by atoms with Crippen LogP contribution in [-0.4, -0.2) is 65.9 Å². The number of benzene rings is 1. The Morgan fingerprint density at radius 3 is 2.43 bits per heavy atom. The van der Waals surface area contributed by atoms with Crippen LogP contribution in [0.2, 0.25) is 0 Å². The normalized spacial score (nSPS) is 14.6. The molecule has 2 amide bonds. The Morgan fingerprint density at radius 2 is 1.79 bits per heavy atom. The van der Waals surface area contributed by atoms with E-state index in [0.717, 1.165) is 25.4 Å². The molecule has 1 fully saturated rings. The molecule has 7 heteroatoms. The molecular formula is C21H26N4O3. The van der Waals surface area contributed by atoms with Gasteiger partial charge in [-0.2, -0.15) is 0 Å². The van der Waals surface area contributed by atoms with Crippen LogP contribution < -0.4 is 10.1 Å². The van der Waals surface area contributed by atoms with Crippen molar-refractivity contribution in [2.75, 3.05) is 44.6 Å². The van der Waals surface area contributed by atoms with Crippen molar-refractivity contribution in [3.8, 4) is 5.75 Å². The monoisotopic (exact) mass is 382 g/mol. The summed E-state index contributed by atoms with van der Waals surface area (Å²) in [5, 5.41) is 2.83. The van der Waals surface area contributed by atoms with Gasteiger partial charge in [0.2, 0.25) is 0 Å². The van der Waals surface area contributed by atoms with E-state index in [4.69, 9.17) is 4.74 Å². The van der Waals surface area contributed by atoms with Crippen molar-refractivity contribution >= 4 is 17.5 Å². The van der Waals surface area contributed by atoms with Crippen LogP contribution in [-0.2, 0) is 0 Å². The number of piperazine rings is 1. The number of nitrogens with one attached hydrogen (secondary N) is 1. The van der Waals surface area contributed by atoms with Crippen molar-refractivity contribution in [3.63, 3.8) is 0 Å². The zero-order valence-electron chi connectivity index (χ0n) is 16.4. The predicted molar refractivity (Wildman–Crippen MR) is 108 cm³/mol. The van der Waals surface area contributed by atoms with Crippen LogP contribution in [0.4, 0.5) is 5.69 Å². The van der Waals surface area contributed by atoms with Crippen LogP contribution in [0.15, 0.2) is 42.6 Å². The molecule has 1 saturated heterocycles. The van der Waals surface area contributed by atoms with Crippen molar-refractivity contribution in [2.24, 2.45) is 0 Å². The molecule has 0 bridgehead atoms. The fraction of sp³-hybridized carbons (Fsp3) is 0.381. The van der Waals surface area contributed by atoms with Crippen molar-refractivity contribution < 1.29 is 14.3 Å². The number of nitrogens with zero attached hydrogens (tertiary/aromatic N) is 3. The summed E-state index contributed by atoms with van der Waals surface area (Å²) in [7, 11) is 0. The summed E-state index contributed by atoms with van der Waals surface area (Å²) in [6.07, 6.45) is 1.50. The first kappa shape index (κ1) is 19.8. The molecule has 7 nitrogen and oxygen atoms in total. The lowest BCUT2D eigenvalue weighted by Gasteiger charge is -2.33. The summed E-state index contributed by atoms with van der Waals surface area (Å²) >= 11 is 0. The van der Waals surface area contributed by atoms with E-state index in [1.165, 1.54) is 6.20 Å². The number of carbonyl (C=O) groups excluding carboxylic acids is 2. The zero-order chi connectivity index (χ0) is 19.9. The highest BCUT2D eigenvalue weighted by atomic mass is 16.5. The molecule has 1 aromatic heterocycles. The van der Waals surface area contributed by atoms with Crippen LogP contribution in [0.25, 0.3) is 0 Å². The minimum Gasteiger partial charge on any atom is -0.494 e. The highest BCUT2D eigenvalue weighted by Gasteiger charge is 2.23. The quantitative estimate of drug-likeness (QED) is 0.831. The molecule has 1 aliphatic heterocycles. The Hall–Kier alpha value is -2.93. The zero-order valence-corrected chi connectivity index (χ0v) is 16.4. The second-order valence-electron chi connectivity index (χ2n) is 6.57. The maximum atomic E-state index is 12.7. The van der Waals surface area contributed by atoms with Gasteiger partial charge >= 0.3 is 0 Å². The summed E-state index contributed by atoms with van der Waals surface area (Å²) in [6, 6.07) is 10.3. The number of hydrogen-bond donors (Lipinski definition) is 1. The van der Waals surface area contributed by atoms with Crippen LogP contribution in [0.5, 0.6) is 5.75 Å². The van der Waals surface area contributed by atoms with Gasteiger partial charge in [-0.15, -0.1) is 0 Å². The van der Waals surface area contributed by atoms with Gasteiger partial charge in [-0.1, -0.05) is 6.92 Å². The predicted octanol–water partition coefficient (Wildman–Crippen LogP) is 2.51. The van der Waals surface area contributed by atoms with Gasteiger partial charge in [-0.25, -0.2) is 0 Å². The van der Waals surface area contributed by atoms with Crippen molar-refractivity contribution in [2.45, 2.75) is 13.8 Å². The average molecular weight is 382 g/mol. The van der Waals surface area contributed by atoms with Gasteiger partial charge in [-0.3, -0.25) is 14.6 Å². The van der Waals surface area contributed by atoms with Crippen molar-refractivity contribution in [1.82, 2.24) is 14.8 Å². The Bertz CT molecular complexity index is 815. The van der Waals surface area contributed by atoms with Gasteiger partial charge in [-0.05, 0) is 49.9 Å². The maximum Gasteiger partial charge on any atom is 0.272 e. The molecule has 0 atom stereocenters. The van der Waals surface area contributed by atoms with Gasteiger partial charge < -0.3 is 19.9 Å². The summed E-state index contributed by atoms with van der Waals surface area (Å²) < 4.78 is 5.40. The molecule has 0 radical (unpaired) electrons. The van der Waals surface area contributed by atoms with E-state index in [2.05, 4.69) is 22.1 Å². The molecule has 28 heavy (non-hydrogen) atoms. The minimum absolute atomic E-state index is 0.133. The van der Waals surface area contributed by atoms with E-state index in [-0.39, 0.29) is 11.8 Å².